The third-order valence-corrected chi connectivity index (χ3v) is 6.23. The van der Waals surface area contributed by atoms with Gasteiger partial charge in [-0.15, -0.1) is 0 Å². The summed E-state index contributed by atoms with van der Waals surface area (Å²) in [6.07, 6.45) is 6.12. The van der Waals surface area contributed by atoms with Crippen molar-refractivity contribution in [2.45, 2.75) is 12.8 Å². The molecule has 1 aliphatic heterocycles. The zero-order valence-electron chi connectivity index (χ0n) is 12.5. The Morgan fingerprint density at radius 2 is 1.71 bits per heavy atom. The quantitative estimate of drug-likeness (QED) is 0.361. The summed E-state index contributed by atoms with van der Waals surface area (Å²) >= 11 is 0. The van der Waals surface area contributed by atoms with Gasteiger partial charge in [0.15, 0.2) is 0 Å². The summed E-state index contributed by atoms with van der Waals surface area (Å²) in [4.78, 5) is 37.2. The van der Waals surface area contributed by atoms with E-state index in [1.165, 1.54) is 0 Å². The van der Waals surface area contributed by atoms with Crippen molar-refractivity contribution in [3.63, 3.8) is 0 Å². The smallest absolute Gasteiger partial charge is 0.274 e. The van der Waals surface area contributed by atoms with Crippen LogP contribution in [-0.4, -0.2) is 16.7 Å². The third kappa shape index (κ3) is 1.41. The van der Waals surface area contributed by atoms with Gasteiger partial charge in [-0.3, -0.25) is 19.7 Å². The fraction of sp³-hybridized carbons (Fsp3) is 0.412. The Hall–Kier alpha value is -2.57. The first-order valence-electron chi connectivity index (χ1n) is 7.96. The highest BCUT2D eigenvalue weighted by atomic mass is 19.1. The molecule has 1 aromatic rings. The number of carbonyl (C=O) groups is 2. The average molecular weight is 328 g/mol. The summed E-state index contributed by atoms with van der Waals surface area (Å²) in [5, 5.41) is 11.2. The van der Waals surface area contributed by atoms with Gasteiger partial charge < -0.3 is 0 Å². The molecule has 122 valence electrons. The minimum Gasteiger partial charge on any atom is -0.274 e. The molecule has 0 N–H and O–H groups in total. The van der Waals surface area contributed by atoms with Gasteiger partial charge in [-0.1, -0.05) is 12.2 Å². The lowest BCUT2D eigenvalue weighted by Gasteiger charge is -2.21. The molecule has 2 amide bonds. The number of hydrogen-bond donors (Lipinski definition) is 0. The number of amides is 2. The van der Waals surface area contributed by atoms with Crippen LogP contribution in [0, 0.1) is 45.0 Å². The van der Waals surface area contributed by atoms with Crippen LogP contribution in [-0.2, 0) is 9.59 Å². The summed E-state index contributed by atoms with van der Waals surface area (Å²) in [6.45, 7) is 0. The molecule has 4 aliphatic rings. The SMILES string of the molecule is O=C1[C@H]2[C@H](C(=O)N1c1ccc(F)cc1[N+](=O)[O-])[C@H]1C=C[C@H]2C12CC2. The van der Waals surface area contributed by atoms with Crippen molar-refractivity contribution in [2.24, 2.45) is 29.1 Å². The zero-order chi connectivity index (χ0) is 16.8. The minimum atomic E-state index is -0.775. The highest BCUT2D eigenvalue weighted by molar-refractivity contribution is 6.23. The van der Waals surface area contributed by atoms with Crippen molar-refractivity contribution in [3.05, 3.63) is 46.3 Å². The zero-order valence-corrected chi connectivity index (χ0v) is 12.5. The Bertz CT molecular complexity index is 826. The maximum atomic E-state index is 13.4. The monoisotopic (exact) mass is 328 g/mol. The van der Waals surface area contributed by atoms with E-state index in [4.69, 9.17) is 0 Å². The number of benzene rings is 1. The van der Waals surface area contributed by atoms with Crippen molar-refractivity contribution >= 4 is 23.2 Å². The predicted octanol–water partition coefficient (Wildman–Crippen LogP) is 2.44. The standard InChI is InChI=1S/C17H13FN2O4/c18-8-1-4-11(12(7-8)20(23)24)19-15(21)13-9-2-3-10(14(13)16(19)22)17(9)5-6-17/h1-4,7,9-10,13-14H,5-6H2/t9-,10-,13-,14-/m1/s1. The van der Waals surface area contributed by atoms with Gasteiger partial charge >= 0.3 is 0 Å². The lowest BCUT2D eigenvalue weighted by atomic mass is 9.85. The van der Waals surface area contributed by atoms with Crippen LogP contribution in [0.1, 0.15) is 12.8 Å². The van der Waals surface area contributed by atoms with Gasteiger partial charge in [0, 0.05) is 0 Å². The van der Waals surface area contributed by atoms with E-state index in [1.54, 1.807) is 0 Å². The number of nitro benzene ring substituents is 1. The third-order valence-electron chi connectivity index (χ3n) is 6.23. The fourth-order valence-electron chi connectivity index (χ4n) is 5.15. The highest BCUT2D eigenvalue weighted by Gasteiger charge is 2.73. The predicted molar refractivity (Wildman–Crippen MR) is 80.3 cm³/mol. The number of nitrogens with zero attached hydrogens (tertiary/aromatic N) is 2. The molecule has 3 aliphatic carbocycles. The average Bonchev–Trinajstić information content (AvgIpc) is 3.14. The molecule has 6 nitrogen and oxygen atoms in total. The Kier molecular flexibility index (Phi) is 2.36. The van der Waals surface area contributed by atoms with Gasteiger partial charge in [0.1, 0.15) is 11.5 Å². The van der Waals surface area contributed by atoms with Crippen LogP contribution >= 0.6 is 0 Å². The maximum Gasteiger partial charge on any atom is 0.296 e. The molecule has 4 atom stereocenters. The second kappa shape index (κ2) is 4.09. The van der Waals surface area contributed by atoms with Crippen molar-refractivity contribution < 1.29 is 18.9 Å². The molecule has 2 saturated carbocycles. The van der Waals surface area contributed by atoms with E-state index in [0.29, 0.717) is 0 Å². The number of imide groups is 1. The van der Waals surface area contributed by atoms with Crippen molar-refractivity contribution in [1.82, 2.24) is 0 Å². The van der Waals surface area contributed by atoms with E-state index >= 15 is 0 Å². The van der Waals surface area contributed by atoms with E-state index in [2.05, 4.69) is 0 Å². The summed E-state index contributed by atoms with van der Waals surface area (Å²) in [7, 11) is 0. The van der Waals surface area contributed by atoms with Crippen molar-refractivity contribution in [1.29, 1.82) is 0 Å². The molecular weight excluding hydrogens is 315 g/mol. The van der Waals surface area contributed by atoms with Crippen molar-refractivity contribution in [3.8, 4) is 0 Å². The second-order valence-corrected chi connectivity index (χ2v) is 7.12. The molecule has 1 saturated heterocycles. The first kappa shape index (κ1) is 13.8. The van der Waals surface area contributed by atoms with Gasteiger partial charge in [0.25, 0.3) is 5.69 Å². The van der Waals surface area contributed by atoms with E-state index in [0.717, 1.165) is 35.9 Å². The number of anilines is 1. The van der Waals surface area contributed by atoms with Gasteiger partial charge in [-0.2, -0.15) is 0 Å². The van der Waals surface area contributed by atoms with Crippen molar-refractivity contribution in [2.75, 3.05) is 4.90 Å². The minimum absolute atomic E-state index is 0.0495. The normalized spacial score (nSPS) is 34.3. The lowest BCUT2D eigenvalue weighted by molar-refractivity contribution is -0.384. The Morgan fingerprint density at radius 3 is 2.21 bits per heavy atom. The molecule has 2 bridgehead atoms. The summed E-state index contributed by atoms with van der Waals surface area (Å²) < 4.78 is 13.4. The number of halogens is 1. The van der Waals surface area contributed by atoms with Gasteiger partial charge in [-0.25, -0.2) is 9.29 Å². The summed E-state index contributed by atoms with van der Waals surface area (Å²) in [6, 6.07) is 2.93. The molecule has 5 rings (SSSR count). The molecular formula is C17H13FN2O4. The van der Waals surface area contributed by atoms with Crippen LogP contribution in [0.25, 0.3) is 0 Å². The number of fused-ring (bicyclic) bond motifs is 3. The molecule has 7 heteroatoms. The van der Waals surface area contributed by atoms with E-state index in [1.807, 2.05) is 12.2 Å². The molecule has 3 fully saturated rings. The van der Waals surface area contributed by atoms with Crippen LogP contribution in [0.2, 0.25) is 0 Å². The van der Waals surface area contributed by atoms with Crippen LogP contribution in [0.15, 0.2) is 30.4 Å². The fourth-order valence-corrected chi connectivity index (χ4v) is 5.15. The van der Waals surface area contributed by atoms with Gasteiger partial charge in [0.2, 0.25) is 11.8 Å². The molecule has 1 aromatic carbocycles. The van der Waals surface area contributed by atoms with Crippen LogP contribution in [0.5, 0.6) is 0 Å². The van der Waals surface area contributed by atoms with Gasteiger partial charge in [-0.05, 0) is 42.2 Å². The van der Waals surface area contributed by atoms with Crippen LogP contribution in [0.3, 0.4) is 0 Å². The topological polar surface area (TPSA) is 80.5 Å². The Balaban J connectivity index is 1.60. The van der Waals surface area contributed by atoms with E-state index in [-0.39, 0.29) is 34.8 Å². The van der Waals surface area contributed by atoms with E-state index < -0.39 is 28.3 Å². The molecule has 1 spiro atoms. The van der Waals surface area contributed by atoms with Gasteiger partial charge in [0.05, 0.1) is 22.8 Å². The molecule has 24 heavy (non-hydrogen) atoms. The van der Waals surface area contributed by atoms with Crippen LogP contribution in [0.4, 0.5) is 15.8 Å². The Morgan fingerprint density at radius 1 is 1.12 bits per heavy atom. The first-order valence-corrected chi connectivity index (χ1v) is 7.96. The summed E-state index contributed by atoms with van der Waals surface area (Å²) in [5.41, 5.74) is -0.616. The molecule has 0 aromatic heterocycles. The van der Waals surface area contributed by atoms with E-state index in [9.17, 15) is 24.1 Å². The largest absolute Gasteiger partial charge is 0.296 e. The first-order chi connectivity index (χ1) is 11.5. The molecule has 0 unspecified atom stereocenters. The maximum absolute atomic E-state index is 13.4. The summed E-state index contributed by atoms with van der Waals surface area (Å²) in [5.74, 6) is -2.31. The second-order valence-electron chi connectivity index (χ2n) is 7.12. The number of rotatable bonds is 2. The number of hydrogen-bond acceptors (Lipinski definition) is 4. The lowest BCUT2D eigenvalue weighted by Crippen LogP contribution is -2.35. The highest BCUT2D eigenvalue weighted by Crippen LogP contribution is 2.73. The molecule has 0 radical (unpaired) electrons. The molecule has 1 heterocycles. The number of nitro groups is 1. The number of allylic oxidation sites excluding steroid dienone is 2. The Labute approximate surface area is 136 Å². The van der Waals surface area contributed by atoms with Crippen LogP contribution < -0.4 is 4.90 Å². The number of carbonyl (C=O) groups excluding carboxylic acids is 2.